The van der Waals surface area contributed by atoms with Crippen LogP contribution in [0.5, 0.6) is 0 Å². The zero-order valence-electron chi connectivity index (χ0n) is 17.4. The largest absolute Gasteiger partial charge is 0.381 e. The summed E-state index contributed by atoms with van der Waals surface area (Å²) < 4.78 is 8.35. The van der Waals surface area contributed by atoms with Crippen molar-refractivity contribution in [2.24, 2.45) is 7.05 Å². The Labute approximate surface area is 173 Å². The summed E-state index contributed by atoms with van der Waals surface area (Å²) in [6, 6.07) is 7.75. The lowest BCUT2D eigenvalue weighted by molar-refractivity contribution is 0.0670. The van der Waals surface area contributed by atoms with Gasteiger partial charge in [0.1, 0.15) is 0 Å². The molecule has 0 bridgehead atoms. The summed E-state index contributed by atoms with van der Waals surface area (Å²) in [5.74, 6) is 0.170. The van der Waals surface area contributed by atoms with Crippen molar-refractivity contribution in [3.63, 3.8) is 0 Å². The van der Waals surface area contributed by atoms with Crippen LogP contribution in [0, 0.1) is 6.92 Å². The van der Waals surface area contributed by atoms with Crippen LogP contribution in [0.3, 0.4) is 0 Å². The Balaban J connectivity index is 1.56. The zero-order valence-corrected chi connectivity index (χ0v) is 17.4. The first kappa shape index (κ1) is 20.1. The molecule has 3 heterocycles. The van der Waals surface area contributed by atoms with Gasteiger partial charge in [-0.2, -0.15) is 10.1 Å². The number of hydrogen-bond donors (Lipinski definition) is 2. The zero-order chi connectivity index (χ0) is 21.3. The molecule has 1 aliphatic rings. The number of aromatic nitrogens is 5. The van der Waals surface area contributed by atoms with Crippen molar-refractivity contribution >= 4 is 5.95 Å². The summed E-state index contributed by atoms with van der Waals surface area (Å²) in [7, 11) is 1.91. The summed E-state index contributed by atoms with van der Waals surface area (Å²) in [4.78, 5) is 31.8. The van der Waals surface area contributed by atoms with Gasteiger partial charge in [-0.3, -0.25) is 9.67 Å². The minimum absolute atomic E-state index is 0.164. The van der Waals surface area contributed by atoms with Gasteiger partial charge < -0.3 is 10.1 Å². The highest BCUT2D eigenvalue weighted by Crippen LogP contribution is 2.26. The molecule has 1 atom stereocenters. The molecule has 0 saturated carbocycles. The van der Waals surface area contributed by atoms with E-state index in [0.717, 1.165) is 22.4 Å². The molecular formula is C21H26N6O3. The van der Waals surface area contributed by atoms with Crippen LogP contribution in [0.4, 0.5) is 5.95 Å². The second kappa shape index (κ2) is 8.27. The van der Waals surface area contributed by atoms with E-state index in [2.05, 4.69) is 26.4 Å². The predicted molar refractivity (Wildman–Crippen MR) is 114 cm³/mol. The van der Waals surface area contributed by atoms with Gasteiger partial charge in [0.05, 0.1) is 12.2 Å². The van der Waals surface area contributed by atoms with E-state index >= 15 is 0 Å². The van der Waals surface area contributed by atoms with Crippen LogP contribution in [0.2, 0.25) is 0 Å². The number of benzene rings is 1. The fraction of sp³-hybridized carbons (Fsp3) is 0.429. The third-order valence-corrected chi connectivity index (χ3v) is 5.70. The first-order chi connectivity index (χ1) is 14.4. The molecule has 9 nitrogen and oxygen atoms in total. The molecule has 4 rings (SSSR count). The number of hydrogen-bond acceptors (Lipinski definition) is 6. The first-order valence-electron chi connectivity index (χ1n) is 10.1. The van der Waals surface area contributed by atoms with Crippen molar-refractivity contribution in [1.29, 1.82) is 0 Å². The van der Waals surface area contributed by atoms with E-state index in [-0.39, 0.29) is 18.0 Å². The van der Waals surface area contributed by atoms with Gasteiger partial charge in [0.2, 0.25) is 5.95 Å². The molecule has 2 N–H and O–H groups in total. The number of ether oxygens (including phenoxy) is 1. The first-order valence-corrected chi connectivity index (χ1v) is 10.1. The van der Waals surface area contributed by atoms with Crippen LogP contribution in [0.25, 0.3) is 11.1 Å². The van der Waals surface area contributed by atoms with Gasteiger partial charge in [0.15, 0.2) is 0 Å². The Morgan fingerprint density at radius 2 is 2.03 bits per heavy atom. The highest BCUT2D eigenvalue weighted by atomic mass is 16.5. The second-order valence-corrected chi connectivity index (χ2v) is 7.65. The lowest BCUT2D eigenvalue weighted by Gasteiger charge is -2.23. The van der Waals surface area contributed by atoms with Gasteiger partial charge in [-0.1, -0.05) is 18.2 Å². The molecule has 158 valence electrons. The smallest absolute Gasteiger partial charge is 0.355 e. The van der Waals surface area contributed by atoms with E-state index in [4.69, 9.17) is 4.74 Å². The lowest BCUT2D eigenvalue weighted by atomic mass is 10.0. The molecule has 0 aliphatic carbocycles. The average Bonchev–Trinajstić information content (AvgIpc) is 3.07. The summed E-state index contributed by atoms with van der Waals surface area (Å²) in [5.41, 5.74) is 3.22. The normalized spacial score (nSPS) is 15.8. The summed E-state index contributed by atoms with van der Waals surface area (Å²) >= 11 is 0. The SMILES string of the molecule is Cc1c(-c2cccc([C@H](C)Nc3nc(=O)n(C4CCOCC4)c(=O)[nH]3)c2)cnn1C. The summed E-state index contributed by atoms with van der Waals surface area (Å²) in [5, 5.41) is 7.45. The van der Waals surface area contributed by atoms with Crippen molar-refractivity contribution < 1.29 is 4.74 Å². The van der Waals surface area contributed by atoms with E-state index in [1.807, 2.05) is 50.0 Å². The van der Waals surface area contributed by atoms with Gasteiger partial charge in [-0.25, -0.2) is 14.2 Å². The number of aryl methyl sites for hydroxylation is 1. The van der Waals surface area contributed by atoms with E-state index in [1.165, 1.54) is 4.57 Å². The minimum atomic E-state index is -0.542. The molecule has 0 spiro atoms. The molecule has 2 aromatic heterocycles. The number of nitrogens with zero attached hydrogens (tertiary/aromatic N) is 4. The molecule has 9 heteroatoms. The average molecular weight is 410 g/mol. The maximum atomic E-state index is 12.5. The van der Waals surface area contributed by atoms with E-state index in [1.54, 1.807) is 0 Å². The Hall–Kier alpha value is -3.20. The molecule has 0 unspecified atom stereocenters. The van der Waals surface area contributed by atoms with E-state index < -0.39 is 11.4 Å². The van der Waals surface area contributed by atoms with E-state index in [0.29, 0.717) is 26.1 Å². The maximum absolute atomic E-state index is 12.5. The number of aromatic amines is 1. The number of nitrogens with one attached hydrogen (secondary N) is 2. The van der Waals surface area contributed by atoms with Gasteiger partial charge in [0, 0.05) is 37.6 Å². The van der Waals surface area contributed by atoms with Crippen molar-refractivity contribution in [2.45, 2.75) is 38.8 Å². The Morgan fingerprint density at radius 1 is 1.27 bits per heavy atom. The third-order valence-electron chi connectivity index (χ3n) is 5.70. The molecule has 1 fully saturated rings. The van der Waals surface area contributed by atoms with Gasteiger partial charge >= 0.3 is 11.4 Å². The minimum Gasteiger partial charge on any atom is -0.381 e. The monoisotopic (exact) mass is 410 g/mol. The molecule has 0 radical (unpaired) electrons. The number of H-pyrrole nitrogens is 1. The van der Waals surface area contributed by atoms with Crippen molar-refractivity contribution in [1.82, 2.24) is 24.3 Å². The van der Waals surface area contributed by atoms with Crippen LogP contribution in [-0.2, 0) is 11.8 Å². The number of anilines is 1. The Bertz CT molecular complexity index is 1120. The van der Waals surface area contributed by atoms with Crippen molar-refractivity contribution in [2.75, 3.05) is 18.5 Å². The van der Waals surface area contributed by atoms with E-state index in [9.17, 15) is 9.59 Å². The van der Waals surface area contributed by atoms with Gasteiger partial charge in [0.25, 0.3) is 0 Å². The van der Waals surface area contributed by atoms with Crippen LogP contribution in [-0.4, -0.2) is 37.5 Å². The molecule has 0 amide bonds. The Morgan fingerprint density at radius 3 is 2.70 bits per heavy atom. The Kier molecular flexibility index (Phi) is 5.54. The quantitative estimate of drug-likeness (QED) is 0.668. The highest BCUT2D eigenvalue weighted by molar-refractivity contribution is 5.66. The molecule has 30 heavy (non-hydrogen) atoms. The number of rotatable bonds is 5. The van der Waals surface area contributed by atoms with Crippen molar-refractivity contribution in [3.05, 3.63) is 62.7 Å². The molecule has 1 aliphatic heterocycles. The molecular weight excluding hydrogens is 384 g/mol. The summed E-state index contributed by atoms with van der Waals surface area (Å²) in [6.07, 6.45) is 3.12. The molecule has 3 aromatic rings. The fourth-order valence-corrected chi connectivity index (χ4v) is 3.81. The molecule has 1 aromatic carbocycles. The highest BCUT2D eigenvalue weighted by Gasteiger charge is 2.20. The van der Waals surface area contributed by atoms with Crippen LogP contribution in [0.1, 0.15) is 43.1 Å². The second-order valence-electron chi connectivity index (χ2n) is 7.65. The lowest BCUT2D eigenvalue weighted by Crippen LogP contribution is -2.42. The summed E-state index contributed by atoms with van der Waals surface area (Å²) in [6.45, 7) is 5.07. The van der Waals surface area contributed by atoms with Crippen LogP contribution in [0.15, 0.2) is 40.1 Å². The predicted octanol–water partition coefficient (Wildman–Crippen LogP) is 2.17. The van der Waals surface area contributed by atoms with Gasteiger partial charge in [-0.05, 0) is 43.9 Å². The van der Waals surface area contributed by atoms with Crippen LogP contribution >= 0.6 is 0 Å². The van der Waals surface area contributed by atoms with Crippen LogP contribution < -0.4 is 16.7 Å². The van der Waals surface area contributed by atoms with Gasteiger partial charge in [-0.15, -0.1) is 0 Å². The maximum Gasteiger partial charge on any atom is 0.355 e. The third kappa shape index (κ3) is 3.93. The fourth-order valence-electron chi connectivity index (χ4n) is 3.81. The topological polar surface area (TPSA) is 107 Å². The van der Waals surface area contributed by atoms with Crippen molar-refractivity contribution in [3.8, 4) is 11.1 Å². The molecule has 1 saturated heterocycles. The standard InChI is InChI=1S/C21H26N6O3/c1-13(15-5-4-6-16(11-15)18-12-22-26(3)14(18)2)23-19-24-20(28)27(21(29)25-19)17-7-9-30-10-8-17/h4-6,11-13,17H,7-10H2,1-3H3,(H2,23,24,25,28,29)/t13-/m0/s1.